The number of anilines is 1. The van der Waals surface area contributed by atoms with Gasteiger partial charge in [0.2, 0.25) is 0 Å². The van der Waals surface area contributed by atoms with Crippen LogP contribution in [0.3, 0.4) is 0 Å². The topological polar surface area (TPSA) is 58.2 Å². The van der Waals surface area contributed by atoms with Gasteiger partial charge in [-0.2, -0.15) is 0 Å². The number of hydrogen-bond donors (Lipinski definition) is 1. The minimum Gasteiger partial charge on any atom is -0.441 e. The van der Waals surface area contributed by atoms with Crippen LogP contribution in [0.25, 0.3) is 11.0 Å². The molecule has 1 saturated carbocycles. The van der Waals surface area contributed by atoms with E-state index in [2.05, 4.69) is 4.98 Å². The molecule has 0 radical (unpaired) electrons. The number of nitrogens with zero attached hydrogens (tertiary/aromatic N) is 2. The maximum absolute atomic E-state index is 14.1. The minimum absolute atomic E-state index is 0.291. The number of benzene rings is 2. The molecule has 1 saturated heterocycles. The van der Waals surface area contributed by atoms with Crippen LogP contribution in [0, 0.1) is 5.82 Å². The third-order valence-electron chi connectivity index (χ3n) is 5.80. The molecule has 1 aromatic heterocycles. The number of rotatable bonds is 2. The molecule has 1 aliphatic carbocycles. The third kappa shape index (κ3) is 2.76. The first-order chi connectivity index (χ1) is 13.1. The van der Waals surface area contributed by atoms with Gasteiger partial charge in [0, 0.05) is 5.92 Å². The summed E-state index contributed by atoms with van der Waals surface area (Å²) in [4.78, 5) is 21.9. The number of imidazole rings is 1. The lowest BCUT2D eigenvalue weighted by atomic mass is 9.78. The fourth-order valence-corrected chi connectivity index (χ4v) is 4.32. The van der Waals surface area contributed by atoms with Crippen molar-refractivity contribution in [2.24, 2.45) is 0 Å². The molecule has 0 unspecified atom stereocenters. The van der Waals surface area contributed by atoms with Crippen molar-refractivity contribution in [2.45, 2.75) is 37.2 Å². The normalized spacial score (nSPS) is 25.3. The largest absolute Gasteiger partial charge is 0.441 e. The number of aromatic nitrogens is 2. The third-order valence-corrected chi connectivity index (χ3v) is 5.80. The predicted octanol–water partition coefficient (Wildman–Crippen LogP) is 4.76. The molecule has 2 aromatic carbocycles. The van der Waals surface area contributed by atoms with E-state index in [1.165, 1.54) is 11.0 Å². The standard InChI is InChI=1S/C21H20FN3O2/c22-15-5-1-4-8-18(15)25-13-21(27-20(25)26)11-9-14(10-12-21)19-23-16-6-2-3-7-17(16)24-19/h1-8,14H,9-13H2,(H,23,24)/t14-,21-. The minimum atomic E-state index is -0.526. The van der Waals surface area contributed by atoms with Crippen LogP contribution in [0.4, 0.5) is 14.9 Å². The maximum Gasteiger partial charge on any atom is 0.415 e. The zero-order chi connectivity index (χ0) is 18.4. The number of ether oxygens (including phenoxy) is 1. The van der Waals surface area contributed by atoms with E-state index in [4.69, 9.17) is 9.72 Å². The number of H-pyrrole nitrogens is 1. The number of amides is 1. The lowest BCUT2D eigenvalue weighted by molar-refractivity contribution is 0.0208. The fraction of sp³-hybridized carbons (Fsp3) is 0.333. The molecule has 1 amide bonds. The smallest absolute Gasteiger partial charge is 0.415 e. The van der Waals surface area contributed by atoms with Crippen molar-refractivity contribution in [3.63, 3.8) is 0 Å². The SMILES string of the molecule is O=C1O[C@]2(CC[C@H](c3nc4ccccc4[nH]3)CC2)CN1c1ccccc1F. The number of para-hydroxylation sites is 3. The Morgan fingerprint density at radius 1 is 1.11 bits per heavy atom. The second-order valence-corrected chi connectivity index (χ2v) is 7.50. The van der Waals surface area contributed by atoms with Crippen LogP contribution in [-0.2, 0) is 4.74 Å². The van der Waals surface area contributed by atoms with Gasteiger partial charge in [0.1, 0.15) is 17.2 Å². The molecule has 1 N–H and O–H groups in total. The van der Waals surface area contributed by atoms with Crippen LogP contribution < -0.4 is 4.90 Å². The molecule has 2 fully saturated rings. The molecule has 0 bridgehead atoms. The summed E-state index contributed by atoms with van der Waals surface area (Å²) in [6.45, 7) is 0.402. The molecular weight excluding hydrogens is 345 g/mol. The predicted molar refractivity (Wildman–Crippen MR) is 100 cm³/mol. The summed E-state index contributed by atoms with van der Waals surface area (Å²) in [5, 5.41) is 0. The zero-order valence-corrected chi connectivity index (χ0v) is 14.8. The van der Waals surface area contributed by atoms with Crippen molar-refractivity contribution < 1.29 is 13.9 Å². The number of fused-ring (bicyclic) bond motifs is 1. The van der Waals surface area contributed by atoms with Crippen molar-refractivity contribution in [3.8, 4) is 0 Å². The maximum atomic E-state index is 14.1. The number of nitrogens with one attached hydrogen (secondary N) is 1. The van der Waals surface area contributed by atoms with Crippen LogP contribution in [0.5, 0.6) is 0 Å². The number of halogens is 1. The molecule has 138 valence electrons. The van der Waals surface area contributed by atoms with Crippen molar-refractivity contribution in [3.05, 3.63) is 60.2 Å². The van der Waals surface area contributed by atoms with Crippen LogP contribution in [-0.4, -0.2) is 28.2 Å². The molecule has 1 spiro atoms. The molecule has 3 aromatic rings. The summed E-state index contributed by atoms with van der Waals surface area (Å²) in [7, 11) is 0. The Morgan fingerprint density at radius 3 is 2.63 bits per heavy atom. The van der Waals surface area contributed by atoms with Gasteiger partial charge in [0.05, 0.1) is 23.3 Å². The summed E-state index contributed by atoms with van der Waals surface area (Å²) in [6.07, 6.45) is 2.83. The van der Waals surface area contributed by atoms with Gasteiger partial charge in [-0.05, 0) is 49.9 Å². The summed E-state index contributed by atoms with van der Waals surface area (Å²) in [5.41, 5.74) is 1.79. The van der Waals surface area contributed by atoms with Gasteiger partial charge in [-0.25, -0.2) is 14.2 Å². The summed E-state index contributed by atoms with van der Waals surface area (Å²) in [6, 6.07) is 14.4. The summed E-state index contributed by atoms with van der Waals surface area (Å²) in [5.74, 6) is 0.924. The molecule has 5 nitrogen and oxygen atoms in total. The van der Waals surface area contributed by atoms with E-state index in [1.807, 2.05) is 24.3 Å². The van der Waals surface area contributed by atoms with Crippen molar-refractivity contribution in [2.75, 3.05) is 11.4 Å². The van der Waals surface area contributed by atoms with Crippen molar-refractivity contribution in [1.29, 1.82) is 0 Å². The van der Waals surface area contributed by atoms with E-state index < -0.39 is 17.5 Å². The molecular formula is C21H20FN3O2. The zero-order valence-electron chi connectivity index (χ0n) is 14.8. The van der Waals surface area contributed by atoms with Gasteiger partial charge in [0.15, 0.2) is 0 Å². The van der Waals surface area contributed by atoms with Gasteiger partial charge in [0.25, 0.3) is 0 Å². The fourth-order valence-electron chi connectivity index (χ4n) is 4.32. The van der Waals surface area contributed by atoms with Crippen LogP contribution >= 0.6 is 0 Å². The molecule has 6 heteroatoms. The molecule has 1 aliphatic heterocycles. The summed E-state index contributed by atoms with van der Waals surface area (Å²) >= 11 is 0. The highest BCUT2D eigenvalue weighted by atomic mass is 19.1. The van der Waals surface area contributed by atoms with Crippen molar-refractivity contribution >= 4 is 22.8 Å². The molecule has 27 heavy (non-hydrogen) atoms. The Hall–Kier alpha value is -2.89. The highest BCUT2D eigenvalue weighted by molar-refractivity contribution is 5.90. The second-order valence-electron chi connectivity index (χ2n) is 7.50. The van der Waals surface area contributed by atoms with Crippen molar-refractivity contribution in [1.82, 2.24) is 9.97 Å². The quantitative estimate of drug-likeness (QED) is 0.713. The Kier molecular flexibility index (Phi) is 3.67. The van der Waals surface area contributed by atoms with E-state index in [-0.39, 0.29) is 0 Å². The van der Waals surface area contributed by atoms with Gasteiger partial charge < -0.3 is 9.72 Å². The number of carbonyl (C=O) groups excluding carboxylic acids is 1. The average molecular weight is 365 g/mol. The molecule has 5 rings (SSSR count). The van der Waals surface area contributed by atoms with E-state index in [9.17, 15) is 9.18 Å². The van der Waals surface area contributed by atoms with Gasteiger partial charge in [-0.15, -0.1) is 0 Å². The Balaban J connectivity index is 1.32. The molecule has 0 atom stereocenters. The van der Waals surface area contributed by atoms with Gasteiger partial charge >= 0.3 is 6.09 Å². The highest BCUT2D eigenvalue weighted by Crippen LogP contribution is 2.43. The average Bonchev–Trinajstić information content (AvgIpc) is 3.24. The second kappa shape index (κ2) is 6.08. The first-order valence-corrected chi connectivity index (χ1v) is 9.33. The van der Waals surface area contributed by atoms with Crippen LogP contribution in [0.15, 0.2) is 48.5 Å². The highest BCUT2D eigenvalue weighted by Gasteiger charge is 2.48. The Labute approximate surface area is 156 Å². The summed E-state index contributed by atoms with van der Waals surface area (Å²) < 4.78 is 19.8. The molecule has 2 aliphatic rings. The van der Waals surface area contributed by atoms with Crippen LogP contribution in [0.1, 0.15) is 37.4 Å². The lowest BCUT2D eigenvalue weighted by Crippen LogP contribution is -2.38. The van der Waals surface area contributed by atoms with Gasteiger partial charge in [-0.3, -0.25) is 4.90 Å². The number of aromatic amines is 1. The van der Waals surface area contributed by atoms with E-state index in [1.54, 1.807) is 18.2 Å². The van der Waals surface area contributed by atoms with E-state index in [0.29, 0.717) is 18.2 Å². The van der Waals surface area contributed by atoms with E-state index >= 15 is 0 Å². The lowest BCUT2D eigenvalue weighted by Gasteiger charge is -2.34. The Bertz CT molecular complexity index is 974. The van der Waals surface area contributed by atoms with Crippen LogP contribution in [0.2, 0.25) is 0 Å². The monoisotopic (exact) mass is 365 g/mol. The Morgan fingerprint density at radius 2 is 1.85 bits per heavy atom. The number of hydrogen-bond acceptors (Lipinski definition) is 3. The first kappa shape index (κ1) is 16.3. The number of carbonyl (C=O) groups is 1. The molecule has 2 heterocycles. The first-order valence-electron chi connectivity index (χ1n) is 9.33. The van der Waals surface area contributed by atoms with Gasteiger partial charge in [-0.1, -0.05) is 24.3 Å². The van der Waals surface area contributed by atoms with E-state index in [0.717, 1.165) is 42.5 Å².